The van der Waals surface area contributed by atoms with Gasteiger partial charge in [0.2, 0.25) is 0 Å². The molecular formula is C34H26FN3O3. The number of nitrogens with zero attached hydrogens (tertiary/aromatic N) is 2. The number of carbonyl (C=O) groups is 2. The second-order valence-corrected chi connectivity index (χ2v) is 10.1. The van der Waals surface area contributed by atoms with Gasteiger partial charge < -0.3 is 14.8 Å². The molecule has 2 aromatic heterocycles. The van der Waals surface area contributed by atoms with Gasteiger partial charge in [-0.15, -0.1) is 0 Å². The molecule has 2 N–H and O–H groups in total. The summed E-state index contributed by atoms with van der Waals surface area (Å²) in [6, 6.07) is 28.4. The summed E-state index contributed by atoms with van der Waals surface area (Å²) >= 11 is 0. The van der Waals surface area contributed by atoms with Gasteiger partial charge in [0.1, 0.15) is 5.82 Å². The molecule has 0 saturated heterocycles. The Balaban J connectivity index is 1.38. The first-order valence-corrected chi connectivity index (χ1v) is 13.2. The van der Waals surface area contributed by atoms with Crippen molar-refractivity contribution in [3.8, 4) is 11.1 Å². The maximum absolute atomic E-state index is 13.8. The molecule has 7 heteroatoms. The highest BCUT2D eigenvalue weighted by Crippen LogP contribution is 2.28. The Bertz CT molecular complexity index is 1910. The Morgan fingerprint density at radius 2 is 1.63 bits per heavy atom. The molecule has 1 atom stereocenters. The van der Waals surface area contributed by atoms with E-state index in [1.807, 2.05) is 72.1 Å². The molecule has 6 aromatic rings. The first kappa shape index (κ1) is 26.0. The van der Waals surface area contributed by atoms with Crippen LogP contribution in [0, 0.1) is 5.82 Å². The number of imidazole rings is 1. The van der Waals surface area contributed by atoms with Crippen LogP contribution in [0.15, 0.2) is 110 Å². The average molecular weight is 544 g/mol. The van der Waals surface area contributed by atoms with Gasteiger partial charge in [-0.25, -0.2) is 14.2 Å². The Kier molecular flexibility index (Phi) is 6.77. The highest BCUT2D eigenvalue weighted by molar-refractivity contribution is 6.03. The molecule has 0 saturated carbocycles. The molecule has 0 unspecified atom stereocenters. The van der Waals surface area contributed by atoms with Gasteiger partial charge >= 0.3 is 5.97 Å². The largest absolute Gasteiger partial charge is 0.478 e. The number of amides is 1. The first-order chi connectivity index (χ1) is 19.9. The quantitative estimate of drug-likeness (QED) is 0.226. The molecule has 0 aliphatic heterocycles. The summed E-state index contributed by atoms with van der Waals surface area (Å²) in [6.07, 6.45) is 4.18. The van der Waals surface area contributed by atoms with E-state index >= 15 is 0 Å². The Morgan fingerprint density at radius 1 is 0.902 bits per heavy atom. The number of aromatic carboxylic acids is 1. The number of benzene rings is 4. The standard InChI is InChI=1S/C34H26FN3O3/c1-21(23-9-11-25(12-10-23)34(40)41)37-33(39)30-18-28(24-5-3-2-4-6-24)19-38-20-36-31(32(30)38)16-22-7-8-27-17-29(35)14-13-26(27)15-22/h2-15,17-21H,16H2,1H3,(H,37,39)(H,40,41)/t21-/m0/s1. The normalized spacial score (nSPS) is 12.0. The van der Waals surface area contributed by atoms with E-state index in [0.29, 0.717) is 17.5 Å². The molecule has 6 nitrogen and oxygen atoms in total. The fourth-order valence-corrected chi connectivity index (χ4v) is 5.14. The summed E-state index contributed by atoms with van der Waals surface area (Å²) in [6.45, 7) is 1.86. The van der Waals surface area contributed by atoms with Crippen LogP contribution in [-0.2, 0) is 6.42 Å². The number of hydrogen-bond acceptors (Lipinski definition) is 3. The van der Waals surface area contributed by atoms with Crippen molar-refractivity contribution in [3.05, 3.63) is 143 Å². The fourth-order valence-electron chi connectivity index (χ4n) is 5.14. The zero-order chi connectivity index (χ0) is 28.5. The van der Waals surface area contributed by atoms with Crippen LogP contribution < -0.4 is 5.32 Å². The minimum Gasteiger partial charge on any atom is -0.478 e. The third kappa shape index (κ3) is 5.30. The van der Waals surface area contributed by atoms with Crippen LogP contribution in [0.2, 0.25) is 0 Å². The Labute approximate surface area is 235 Å². The van der Waals surface area contributed by atoms with E-state index in [1.54, 1.807) is 24.5 Å². The summed E-state index contributed by atoms with van der Waals surface area (Å²) in [5, 5.41) is 14.0. The van der Waals surface area contributed by atoms with Crippen molar-refractivity contribution in [2.24, 2.45) is 0 Å². The Morgan fingerprint density at radius 3 is 2.39 bits per heavy atom. The monoisotopic (exact) mass is 543 g/mol. The lowest BCUT2D eigenvalue weighted by atomic mass is 10.00. The third-order valence-electron chi connectivity index (χ3n) is 7.30. The molecule has 2 heterocycles. The van der Waals surface area contributed by atoms with Crippen molar-refractivity contribution in [1.82, 2.24) is 14.7 Å². The van der Waals surface area contributed by atoms with Crippen molar-refractivity contribution >= 4 is 28.2 Å². The predicted molar refractivity (Wildman–Crippen MR) is 157 cm³/mol. The molecular weight excluding hydrogens is 517 g/mol. The number of rotatable bonds is 7. The van der Waals surface area contributed by atoms with Crippen molar-refractivity contribution in [3.63, 3.8) is 0 Å². The number of hydrogen-bond donors (Lipinski definition) is 2. The molecule has 0 spiro atoms. The molecule has 41 heavy (non-hydrogen) atoms. The lowest BCUT2D eigenvalue weighted by Crippen LogP contribution is -2.27. The van der Waals surface area contributed by atoms with E-state index in [4.69, 9.17) is 4.98 Å². The summed E-state index contributed by atoms with van der Waals surface area (Å²) in [5.41, 5.74) is 5.75. The van der Waals surface area contributed by atoms with E-state index in [0.717, 1.165) is 38.7 Å². The van der Waals surface area contributed by atoms with Crippen LogP contribution >= 0.6 is 0 Å². The number of carbonyl (C=O) groups excluding carboxylic acids is 1. The van der Waals surface area contributed by atoms with Crippen LogP contribution in [0.1, 0.15) is 50.5 Å². The molecule has 4 aromatic carbocycles. The summed E-state index contributed by atoms with van der Waals surface area (Å²) in [5.74, 6) is -1.54. The van der Waals surface area contributed by atoms with Gasteiger partial charge in [0.15, 0.2) is 0 Å². The number of carboxylic acids is 1. The SMILES string of the molecule is C[C@H](NC(=O)c1cc(-c2ccccc2)cn2cnc(Cc3ccc4cc(F)ccc4c3)c12)c1ccc(C(=O)O)cc1. The van der Waals surface area contributed by atoms with Crippen LogP contribution in [0.4, 0.5) is 4.39 Å². The minimum absolute atomic E-state index is 0.187. The number of nitrogens with one attached hydrogen (secondary N) is 1. The summed E-state index contributed by atoms with van der Waals surface area (Å²) in [7, 11) is 0. The smallest absolute Gasteiger partial charge is 0.335 e. The summed E-state index contributed by atoms with van der Waals surface area (Å²) < 4.78 is 15.6. The molecule has 0 radical (unpaired) electrons. The van der Waals surface area contributed by atoms with Gasteiger partial charge in [0.05, 0.1) is 34.7 Å². The van der Waals surface area contributed by atoms with Crippen LogP contribution in [0.5, 0.6) is 0 Å². The molecule has 0 fully saturated rings. The molecule has 0 bridgehead atoms. The Hall–Kier alpha value is -5.30. The number of carboxylic acid groups (broad SMARTS) is 1. The van der Waals surface area contributed by atoms with E-state index < -0.39 is 5.97 Å². The van der Waals surface area contributed by atoms with Gasteiger partial charge in [-0.2, -0.15) is 0 Å². The molecule has 202 valence electrons. The van der Waals surface area contributed by atoms with Gasteiger partial charge in [0, 0.05) is 12.6 Å². The predicted octanol–water partition coefficient (Wildman–Crippen LogP) is 7.07. The van der Waals surface area contributed by atoms with Crippen molar-refractivity contribution in [2.45, 2.75) is 19.4 Å². The van der Waals surface area contributed by atoms with Crippen LogP contribution in [0.3, 0.4) is 0 Å². The van der Waals surface area contributed by atoms with Crippen molar-refractivity contribution in [2.75, 3.05) is 0 Å². The number of fused-ring (bicyclic) bond motifs is 2. The van der Waals surface area contributed by atoms with Gasteiger partial charge in [0.25, 0.3) is 5.91 Å². The lowest BCUT2D eigenvalue weighted by Gasteiger charge is -2.16. The van der Waals surface area contributed by atoms with Gasteiger partial charge in [-0.3, -0.25) is 4.79 Å². The average Bonchev–Trinajstić information content (AvgIpc) is 3.39. The van der Waals surface area contributed by atoms with Crippen molar-refractivity contribution < 1.29 is 19.1 Å². The van der Waals surface area contributed by atoms with E-state index in [1.165, 1.54) is 24.3 Å². The maximum atomic E-state index is 13.8. The summed E-state index contributed by atoms with van der Waals surface area (Å²) in [4.78, 5) is 29.8. The van der Waals surface area contributed by atoms with Gasteiger partial charge in [-0.1, -0.05) is 66.7 Å². The number of halogens is 1. The highest BCUT2D eigenvalue weighted by Gasteiger charge is 2.20. The molecule has 6 rings (SSSR count). The van der Waals surface area contributed by atoms with Gasteiger partial charge in [-0.05, 0) is 70.3 Å². The third-order valence-corrected chi connectivity index (χ3v) is 7.30. The first-order valence-electron chi connectivity index (χ1n) is 13.2. The van der Waals surface area contributed by atoms with Crippen LogP contribution in [-0.4, -0.2) is 26.4 Å². The van der Waals surface area contributed by atoms with Crippen molar-refractivity contribution in [1.29, 1.82) is 0 Å². The fraction of sp³-hybridized carbons (Fsp3) is 0.0882. The minimum atomic E-state index is -1.000. The second-order valence-electron chi connectivity index (χ2n) is 10.1. The number of aromatic nitrogens is 2. The van der Waals surface area contributed by atoms with E-state index in [2.05, 4.69) is 5.32 Å². The molecule has 0 aliphatic rings. The molecule has 1 amide bonds. The zero-order valence-corrected chi connectivity index (χ0v) is 22.2. The van der Waals surface area contributed by atoms with Crippen LogP contribution in [0.25, 0.3) is 27.4 Å². The second kappa shape index (κ2) is 10.7. The highest BCUT2D eigenvalue weighted by atomic mass is 19.1. The van der Waals surface area contributed by atoms with E-state index in [-0.39, 0.29) is 23.3 Å². The maximum Gasteiger partial charge on any atom is 0.335 e. The van der Waals surface area contributed by atoms with E-state index in [9.17, 15) is 19.1 Å². The topological polar surface area (TPSA) is 83.7 Å². The molecule has 0 aliphatic carbocycles. The lowest BCUT2D eigenvalue weighted by molar-refractivity contribution is 0.0696. The zero-order valence-electron chi connectivity index (χ0n) is 22.2. The number of pyridine rings is 1.